The van der Waals surface area contributed by atoms with Crippen molar-refractivity contribution in [3.8, 4) is 0 Å². The van der Waals surface area contributed by atoms with E-state index in [-0.39, 0.29) is 12.8 Å². The topological polar surface area (TPSA) is 80.3 Å². The molecule has 0 aromatic heterocycles. The predicted molar refractivity (Wildman–Crippen MR) is 92.9 cm³/mol. The van der Waals surface area contributed by atoms with Gasteiger partial charge < -0.3 is 9.05 Å². The standard InChI is InChI=1S/C7H15O4P.C7H15O3P/c1-4-7-11-12(8,9-5-2)10-6-3;1-4-7-11(8,9-5-2)10-6-3/h4H,1,5-7H2,2-3H3;4H,1,5-7H2,2-3H3. The van der Waals surface area contributed by atoms with E-state index in [9.17, 15) is 9.13 Å². The van der Waals surface area contributed by atoms with Gasteiger partial charge in [0.2, 0.25) is 0 Å². The van der Waals surface area contributed by atoms with Gasteiger partial charge in [-0.15, -0.1) is 13.2 Å². The maximum Gasteiger partial charge on any atom is 0.475 e. The number of rotatable bonds is 13. The minimum atomic E-state index is -3.31. The Morgan fingerprint density at radius 2 is 1.17 bits per heavy atom. The average molecular weight is 372 g/mol. The van der Waals surface area contributed by atoms with Gasteiger partial charge in [0.05, 0.1) is 39.2 Å². The van der Waals surface area contributed by atoms with Crippen molar-refractivity contribution in [2.45, 2.75) is 27.7 Å². The van der Waals surface area contributed by atoms with Crippen LogP contribution >= 0.6 is 15.4 Å². The lowest BCUT2D eigenvalue weighted by Gasteiger charge is -2.14. The quantitative estimate of drug-likeness (QED) is 0.339. The fraction of sp³-hybridized carbons (Fsp3) is 0.714. The molecule has 0 aliphatic rings. The highest BCUT2D eigenvalue weighted by Gasteiger charge is 2.24. The number of allylic oxidation sites excluding steroid dienone is 1. The van der Waals surface area contributed by atoms with Gasteiger partial charge in [-0.05, 0) is 27.7 Å². The molecule has 0 bridgehead atoms. The van der Waals surface area contributed by atoms with Crippen molar-refractivity contribution in [3.63, 3.8) is 0 Å². The Hall–Kier alpha value is -0.260. The molecule has 0 rings (SSSR count). The van der Waals surface area contributed by atoms with Gasteiger partial charge in [0.25, 0.3) is 0 Å². The molecule has 0 aliphatic heterocycles. The van der Waals surface area contributed by atoms with E-state index in [1.54, 1.807) is 33.8 Å². The maximum absolute atomic E-state index is 11.5. The Balaban J connectivity index is 0. The summed E-state index contributed by atoms with van der Waals surface area (Å²) in [6, 6.07) is 0. The molecular formula is C14H30O7P2. The minimum Gasteiger partial charge on any atom is -0.309 e. The van der Waals surface area contributed by atoms with Crippen molar-refractivity contribution >= 4 is 15.4 Å². The fourth-order valence-electron chi connectivity index (χ4n) is 1.27. The molecular weight excluding hydrogens is 342 g/mol. The van der Waals surface area contributed by atoms with Gasteiger partial charge in [-0.25, -0.2) is 4.57 Å². The van der Waals surface area contributed by atoms with Crippen molar-refractivity contribution in [1.29, 1.82) is 0 Å². The van der Waals surface area contributed by atoms with Gasteiger partial charge in [-0.3, -0.25) is 18.1 Å². The third kappa shape index (κ3) is 13.8. The fourth-order valence-corrected chi connectivity index (χ4v) is 3.80. The molecule has 0 amide bonds. The number of phosphoric acid groups is 1. The molecule has 7 nitrogen and oxygen atoms in total. The van der Waals surface area contributed by atoms with E-state index >= 15 is 0 Å². The third-order valence-electron chi connectivity index (χ3n) is 1.93. The Kier molecular flexibility index (Phi) is 16.6. The van der Waals surface area contributed by atoms with E-state index in [0.717, 1.165) is 0 Å². The highest BCUT2D eigenvalue weighted by Crippen LogP contribution is 2.49. The van der Waals surface area contributed by atoms with Gasteiger partial charge in [0.15, 0.2) is 0 Å². The van der Waals surface area contributed by atoms with Crippen LogP contribution in [0.4, 0.5) is 0 Å². The third-order valence-corrected chi connectivity index (χ3v) is 5.55. The predicted octanol–water partition coefficient (Wildman–Crippen LogP) is 4.81. The first-order valence-corrected chi connectivity index (χ1v) is 10.7. The summed E-state index contributed by atoms with van der Waals surface area (Å²) in [5, 5.41) is 0. The zero-order chi connectivity index (χ0) is 18.2. The Morgan fingerprint density at radius 1 is 0.739 bits per heavy atom. The van der Waals surface area contributed by atoms with Gasteiger partial charge in [0.1, 0.15) is 0 Å². The van der Waals surface area contributed by atoms with E-state index in [4.69, 9.17) is 22.6 Å². The van der Waals surface area contributed by atoms with Crippen LogP contribution in [0, 0.1) is 0 Å². The van der Waals surface area contributed by atoms with Crippen LogP contribution in [0.2, 0.25) is 0 Å². The smallest absolute Gasteiger partial charge is 0.309 e. The summed E-state index contributed by atoms with van der Waals surface area (Å²) >= 11 is 0. The minimum absolute atomic E-state index is 0.164. The molecule has 0 atom stereocenters. The first-order valence-electron chi connectivity index (χ1n) is 7.50. The molecule has 0 saturated carbocycles. The van der Waals surface area contributed by atoms with Crippen LogP contribution in [0.5, 0.6) is 0 Å². The van der Waals surface area contributed by atoms with Crippen molar-refractivity contribution < 1.29 is 31.7 Å². The summed E-state index contributed by atoms with van der Waals surface area (Å²) in [5.74, 6) is 0. The molecule has 0 unspecified atom stereocenters. The molecule has 0 aliphatic carbocycles. The van der Waals surface area contributed by atoms with Crippen LogP contribution in [0.25, 0.3) is 0 Å². The number of phosphoric ester groups is 1. The van der Waals surface area contributed by atoms with Gasteiger partial charge in [-0.1, -0.05) is 12.2 Å². The van der Waals surface area contributed by atoms with E-state index < -0.39 is 15.4 Å². The first-order chi connectivity index (χ1) is 10.9. The SMILES string of the molecule is C=CCOP(=O)(OCC)OCC.C=CCP(=O)(OCC)OCC. The van der Waals surface area contributed by atoms with Gasteiger partial charge in [-0.2, -0.15) is 0 Å². The Labute approximate surface area is 140 Å². The molecule has 0 N–H and O–H groups in total. The summed E-state index contributed by atoms with van der Waals surface area (Å²) in [6.45, 7) is 15.5. The van der Waals surface area contributed by atoms with Crippen molar-refractivity contribution in [1.82, 2.24) is 0 Å². The zero-order valence-electron chi connectivity index (χ0n) is 14.6. The molecule has 0 spiro atoms. The van der Waals surface area contributed by atoms with E-state index in [2.05, 4.69) is 13.2 Å². The maximum atomic E-state index is 11.5. The van der Waals surface area contributed by atoms with Crippen LogP contribution in [0.3, 0.4) is 0 Å². The highest BCUT2D eigenvalue weighted by molar-refractivity contribution is 7.54. The second-order valence-electron chi connectivity index (χ2n) is 3.78. The zero-order valence-corrected chi connectivity index (χ0v) is 16.4. The molecule has 9 heteroatoms. The van der Waals surface area contributed by atoms with Crippen LogP contribution in [-0.2, 0) is 31.7 Å². The monoisotopic (exact) mass is 372 g/mol. The van der Waals surface area contributed by atoms with E-state index in [1.165, 1.54) is 6.08 Å². The molecule has 0 saturated heterocycles. The molecule has 0 heterocycles. The van der Waals surface area contributed by atoms with Crippen LogP contribution < -0.4 is 0 Å². The highest BCUT2D eigenvalue weighted by atomic mass is 31.2. The number of hydrogen-bond donors (Lipinski definition) is 0. The lowest BCUT2D eigenvalue weighted by atomic mass is 10.7. The number of hydrogen-bond acceptors (Lipinski definition) is 7. The Morgan fingerprint density at radius 3 is 1.48 bits per heavy atom. The molecule has 138 valence electrons. The van der Waals surface area contributed by atoms with Crippen LogP contribution in [0.15, 0.2) is 25.3 Å². The van der Waals surface area contributed by atoms with E-state index in [1.807, 2.05) is 0 Å². The van der Waals surface area contributed by atoms with Crippen LogP contribution in [-0.4, -0.2) is 39.2 Å². The molecule has 23 heavy (non-hydrogen) atoms. The summed E-state index contributed by atoms with van der Waals surface area (Å²) in [7, 11) is -6.14. The summed E-state index contributed by atoms with van der Waals surface area (Å²) < 4.78 is 47.4. The first kappa shape index (κ1) is 25.0. The summed E-state index contributed by atoms with van der Waals surface area (Å²) in [5.41, 5.74) is 0. The lowest BCUT2D eigenvalue weighted by molar-refractivity contribution is 0.131. The molecule has 0 aromatic rings. The van der Waals surface area contributed by atoms with E-state index in [0.29, 0.717) is 26.4 Å². The second-order valence-corrected chi connectivity index (χ2v) is 7.56. The van der Waals surface area contributed by atoms with Gasteiger partial charge >= 0.3 is 15.4 Å². The second kappa shape index (κ2) is 15.3. The average Bonchev–Trinajstić information content (AvgIpc) is 2.47. The summed E-state index contributed by atoms with van der Waals surface area (Å²) in [4.78, 5) is 0. The lowest BCUT2D eigenvalue weighted by Crippen LogP contribution is -1.99. The van der Waals surface area contributed by atoms with Gasteiger partial charge in [0, 0.05) is 0 Å². The molecule has 0 fully saturated rings. The van der Waals surface area contributed by atoms with Crippen LogP contribution in [0.1, 0.15) is 27.7 Å². The van der Waals surface area contributed by atoms with Crippen molar-refractivity contribution in [2.24, 2.45) is 0 Å². The molecule has 0 radical (unpaired) electrons. The van der Waals surface area contributed by atoms with Crippen molar-refractivity contribution in [3.05, 3.63) is 25.3 Å². The molecule has 0 aromatic carbocycles. The largest absolute Gasteiger partial charge is 0.475 e. The summed E-state index contributed by atoms with van der Waals surface area (Å²) in [6.07, 6.45) is 3.32. The van der Waals surface area contributed by atoms with Crippen molar-refractivity contribution in [2.75, 3.05) is 39.2 Å². The Bertz CT molecular complexity index is 379. The normalized spacial score (nSPS) is 11.5.